The second-order valence-corrected chi connectivity index (χ2v) is 15.4. The number of oxazole rings is 1. The largest absolute Gasteiger partial charge is 0.463 e. The first-order valence-electron chi connectivity index (χ1n) is 16.4. The number of esters is 1. The van der Waals surface area contributed by atoms with Crippen molar-refractivity contribution < 1.29 is 35.9 Å². The number of nitrogens with two attached hydrogens (primary N) is 1. The van der Waals surface area contributed by atoms with Gasteiger partial charge in [0.05, 0.1) is 22.6 Å². The number of aromatic nitrogens is 1. The van der Waals surface area contributed by atoms with Crippen molar-refractivity contribution in [3.63, 3.8) is 0 Å². The van der Waals surface area contributed by atoms with E-state index in [1.807, 2.05) is 4.90 Å². The van der Waals surface area contributed by atoms with Crippen molar-refractivity contribution in [2.75, 3.05) is 58.4 Å². The van der Waals surface area contributed by atoms with Gasteiger partial charge in [-0.15, -0.1) is 0 Å². The molecule has 1 spiro atoms. The Bertz CT molecular complexity index is 1770. The molecule has 1 amide bonds. The third-order valence-electron chi connectivity index (χ3n) is 9.73. The lowest BCUT2D eigenvalue weighted by Crippen LogP contribution is -2.39. The van der Waals surface area contributed by atoms with E-state index in [2.05, 4.69) is 19.9 Å². The molecule has 6 rings (SSSR count). The molecule has 3 heterocycles. The van der Waals surface area contributed by atoms with Gasteiger partial charge in [-0.25, -0.2) is 22.2 Å². The summed E-state index contributed by atoms with van der Waals surface area (Å²) in [5, 5.41) is 2.95. The first kappa shape index (κ1) is 33.9. The van der Waals surface area contributed by atoms with Crippen LogP contribution in [-0.2, 0) is 19.6 Å². The number of carbonyl (C=O) groups excluding carboxylic acids is 2. The number of halogens is 2. The molecule has 3 fully saturated rings. The number of anilines is 4. The number of nitrogens with zero attached hydrogens (tertiary/aromatic N) is 3. The average Bonchev–Trinajstić information content (AvgIpc) is 3.61. The van der Waals surface area contributed by atoms with Crippen LogP contribution in [0.3, 0.4) is 0 Å². The van der Waals surface area contributed by atoms with Crippen molar-refractivity contribution in [3.05, 3.63) is 42.3 Å². The normalized spacial score (nSPS) is 19.4. The number of sulfonamides is 1. The monoisotopic (exact) mass is 688 g/mol. The van der Waals surface area contributed by atoms with E-state index in [4.69, 9.17) is 14.9 Å². The molecule has 1 saturated carbocycles. The molecule has 260 valence electrons. The lowest BCUT2D eigenvalue weighted by molar-refractivity contribution is -0.145. The highest BCUT2D eigenvalue weighted by molar-refractivity contribution is 7.92. The summed E-state index contributed by atoms with van der Waals surface area (Å²) >= 11 is 0. The molecule has 12 nitrogen and oxygen atoms in total. The van der Waals surface area contributed by atoms with Crippen molar-refractivity contribution in [3.8, 4) is 0 Å². The van der Waals surface area contributed by atoms with Gasteiger partial charge in [-0.3, -0.25) is 14.3 Å². The standard InChI is InChI=1S/C33H42F2N6O6S/c1-21(2)28(36)31(43)46-15-16-48(44,45)39-22-3-4-24(26(18-22)40-11-7-32(5-6-32)8-12-40)30(42)38-23-17-25-29(47-20-37-25)27(19-23)41-13-9-33(34,35)10-14-41/h3-4,17-21,28,39H,5-16,36H2,1-2H3,(H,38,42)/t28-/m0/s1. The van der Waals surface area contributed by atoms with Crippen LogP contribution in [0.1, 0.15) is 62.7 Å². The number of carbonyl (C=O) groups is 2. The fraction of sp³-hybridized carbons (Fsp3) is 0.545. The Kier molecular flexibility index (Phi) is 9.28. The predicted octanol–water partition coefficient (Wildman–Crippen LogP) is 4.96. The molecule has 3 aromatic rings. The first-order valence-corrected chi connectivity index (χ1v) is 18.0. The first-order chi connectivity index (χ1) is 22.7. The predicted molar refractivity (Wildman–Crippen MR) is 179 cm³/mol. The number of piperidine rings is 2. The summed E-state index contributed by atoms with van der Waals surface area (Å²) in [5.41, 5.74) is 9.29. The molecule has 4 N–H and O–H groups in total. The molecule has 2 saturated heterocycles. The fourth-order valence-electron chi connectivity index (χ4n) is 6.33. The minimum Gasteiger partial charge on any atom is -0.463 e. The zero-order chi connectivity index (χ0) is 34.3. The SMILES string of the molecule is CC(C)[C@H](N)C(=O)OCCS(=O)(=O)Nc1ccc(C(=O)Nc2cc(N3CCC(F)(F)CC3)c3ocnc3c2)c(N2CCC3(CC2)CC3)c1. The maximum Gasteiger partial charge on any atom is 0.323 e. The number of hydrogen-bond acceptors (Lipinski definition) is 10. The number of fused-ring (bicyclic) bond motifs is 1. The van der Waals surface area contributed by atoms with Crippen molar-refractivity contribution in [2.24, 2.45) is 17.1 Å². The second-order valence-electron chi connectivity index (χ2n) is 13.6. The van der Waals surface area contributed by atoms with Crippen molar-refractivity contribution in [2.45, 2.75) is 64.3 Å². The Morgan fingerprint density at radius 2 is 1.62 bits per heavy atom. The molecule has 3 aliphatic rings. The zero-order valence-corrected chi connectivity index (χ0v) is 28.0. The van der Waals surface area contributed by atoms with E-state index >= 15 is 0 Å². The highest BCUT2D eigenvalue weighted by Gasteiger charge is 2.44. The fourth-order valence-corrected chi connectivity index (χ4v) is 7.22. The Morgan fingerprint density at radius 1 is 0.979 bits per heavy atom. The second kappa shape index (κ2) is 13.1. The lowest BCUT2D eigenvalue weighted by Gasteiger charge is -2.35. The Labute approximate surface area is 278 Å². The smallest absolute Gasteiger partial charge is 0.323 e. The maximum atomic E-state index is 13.9. The summed E-state index contributed by atoms with van der Waals surface area (Å²) in [5.74, 6) is -4.41. The van der Waals surface area contributed by atoms with Gasteiger partial charge < -0.3 is 30.0 Å². The summed E-state index contributed by atoms with van der Waals surface area (Å²) in [6.45, 7) is 4.89. The molecule has 0 radical (unpaired) electrons. The average molecular weight is 689 g/mol. The number of amides is 1. The number of benzene rings is 2. The van der Waals surface area contributed by atoms with Crippen LogP contribution in [0.2, 0.25) is 0 Å². The number of alkyl halides is 2. The van der Waals surface area contributed by atoms with E-state index in [-0.39, 0.29) is 44.1 Å². The van der Waals surface area contributed by atoms with Crippen LogP contribution in [0.4, 0.5) is 31.5 Å². The Hall–Kier alpha value is -3.98. The Balaban J connectivity index is 1.21. The van der Waals surface area contributed by atoms with Gasteiger partial charge in [-0.1, -0.05) is 13.8 Å². The summed E-state index contributed by atoms with van der Waals surface area (Å²) in [4.78, 5) is 34.1. The molecular formula is C33H42F2N6O6S. The number of ether oxygens (including phenoxy) is 1. The van der Waals surface area contributed by atoms with Crippen molar-refractivity contribution >= 4 is 55.7 Å². The number of hydrogen-bond donors (Lipinski definition) is 3. The van der Waals surface area contributed by atoms with Crippen LogP contribution >= 0.6 is 0 Å². The van der Waals surface area contributed by atoms with Gasteiger partial charge in [0.15, 0.2) is 12.0 Å². The third kappa shape index (κ3) is 7.67. The molecule has 1 atom stereocenters. The van der Waals surface area contributed by atoms with E-state index in [9.17, 15) is 26.8 Å². The summed E-state index contributed by atoms with van der Waals surface area (Å²) in [6.07, 6.45) is 5.07. The van der Waals surface area contributed by atoms with Crippen LogP contribution in [0.25, 0.3) is 11.1 Å². The van der Waals surface area contributed by atoms with Crippen molar-refractivity contribution in [1.29, 1.82) is 0 Å². The van der Waals surface area contributed by atoms with E-state index < -0.39 is 39.6 Å². The van der Waals surface area contributed by atoms with E-state index in [0.717, 1.165) is 25.9 Å². The zero-order valence-electron chi connectivity index (χ0n) is 27.1. The van der Waals surface area contributed by atoms with E-state index in [0.29, 0.717) is 39.1 Å². The molecule has 0 bridgehead atoms. The lowest BCUT2D eigenvalue weighted by atomic mass is 9.93. The van der Waals surface area contributed by atoms with Crippen molar-refractivity contribution in [1.82, 2.24) is 4.98 Å². The Morgan fingerprint density at radius 3 is 2.29 bits per heavy atom. The molecular weight excluding hydrogens is 646 g/mol. The summed E-state index contributed by atoms with van der Waals surface area (Å²) in [7, 11) is -3.91. The van der Waals surface area contributed by atoms with Gasteiger partial charge in [0, 0.05) is 44.7 Å². The highest BCUT2D eigenvalue weighted by atomic mass is 32.2. The number of rotatable bonds is 11. The van der Waals surface area contributed by atoms with E-state index in [1.165, 1.54) is 25.3 Å². The van der Waals surface area contributed by atoms with Gasteiger partial charge in [-0.05, 0) is 67.3 Å². The van der Waals surface area contributed by atoms with Crippen LogP contribution in [0.15, 0.2) is 41.1 Å². The van der Waals surface area contributed by atoms with Gasteiger partial charge in [0.25, 0.3) is 11.8 Å². The third-order valence-corrected chi connectivity index (χ3v) is 11.0. The molecule has 0 unspecified atom stereocenters. The van der Waals surface area contributed by atoms with Gasteiger partial charge in [0.1, 0.15) is 23.9 Å². The minimum absolute atomic E-state index is 0.131. The molecule has 15 heteroatoms. The maximum absolute atomic E-state index is 13.9. The summed E-state index contributed by atoms with van der Waals surface area (Å²) < 4.78 is 66.8. The minimum atomic E-state index is -3.91. The quantitative estimate of drug-likeness (QED) is 0.235. The molecule has 2 aromatic carbocycles. The van der Waals surface area contributed by atoms with Gasteiger partial charge in [-0.2, -0.15) is 0 Å². The van der Waals surface area contributed by atoms with Gasteiger partial charge >= 0.3 is 5.97 Å². The molecule has 48 heavy (non-hydrogen) atoms. The highest BCUT2D eigenvalue weighted by Crippen LogP contribution is 2.54. The topological polar surface area (TPSA) is 160 Å². The molecule has 1 aliphatic carbocycles. The van der Waals surface area contributed by atoms with Crippen LogP contribution < -0.4 is 25.6 Å². The van der Waals surface area contributed by atoms with Gasteiger partial charge in [0.2, 0.25) is 10.0 Å². The van der Waals surface area contributed by atoms with Crippen LogP contribution in [-0.4, -0.2) is 75.8 Å². The van der Waals surface area contributed by atoms with Crippen LogP contribution in [0.5, 0.6) is 0 Å². The molecule has 2 aliphatic heterocycles. The summed E-state index contributed by atoms with van der Waals surface area (Å²) in [6, 6.07) is 7.27. The van der Waals surface area contributed by atoms with E-state index in [1.54, 1.807) is 38.1 Å². The van der Waals surface area contributed by atoms with Crippen LogP contribution in [0, 0.1) is 11.3 Å². The molecule has 1 aromatic heterocycles. The number of nitrogens with one attached hydrogen (secondary N) is 2.